The zero-order valence-electron chi connectivity index (χ0n) is 21.2. The molecule has 2 aromatic rings. The maximum absolute atomic E-state index is 14.7. The molecule has 0 aromatic heterocycles. The number of carbonyl (C=O) groups is 3. The van der Waals surface area contributed by atoms with Crippen LogP contribution >= 0.6 is 0 Å². The van der Waals surface area contributed by atoms with E-state index in [9.17, 15) is 23.2 Å². The van der Waals surface area contributed by atoms with E-state index in [1.54, 1.807) is 24.3 Å². The number of amides is 3. The lowest BCUT2D eigenvalue weighted by atomic mass is 9.72. The van der Waals surface area contributed by atoms with E-state index >= 15 is 0 Å². The largest absolute Gasteiger partial charge is 0.481 e. The van der Waals surface area contributed by atoms with Crippen LogP contribution in [0.3, 0.4) is 0 Å². The molecule has 1 saturated heterocycles. The van der Waals surface area contributed by atoms with Crippen molar-refractivity contribution < 1.29 is 28.3 Å². The quantitative estimate of drug-likeness (QED) is 0.450. The first-order valence-electron chi connectivity index (χ1n) is 12.7. The highest BCUT2D eigenvalue weighted by molar-refractivity contribution is 5.96. The van der Waals surface area contributed by atoms with Crippen molar-refractivity contribution >= 4 is 23.6 Å². The van der Waals surface area contributed by atoms with Crippen LogP contribution in [0, 0.1) is 23.5 Å². The Balaban J connectivity index is 0.00000400. The summed E-state index contributed by atoms with van der Waals surface area (Å²) >= 11 is 0. The number of benzene rings is 2. The number of nitrogens with zero attached hydrogens (tertiary/aromatic N) is 2. The highest BCUT2D eigenvalue weighted by Crippen LogP contribution is 2.45. The van der Waals surface area contributed by atoms with Crippen molar-refractivity contribution in [3.8, 4) is 0 Å². The lowest BCUT2D eigenvalue weighted by molar-refractivity contribution is -0.136. The first-order chi connectivity index (χ1) is 17.6. The Hall–Kier alpha value is -3.49. The maximum Gasteiger partial charge on any atom is 0.325 e. The zero-order valence-corrected chi connectivity index (χ0v) is 21.2. The monoisotopic (exact) mass is 529 g/mol. The second-order valence-corrected chi connectivity index (χ2v) is 10.5. The second-order valence-electron chi connectivity index (χ2n) is 10.5. The highest BCUT2D eigenvalue weighted by atomic mass is 19.1. The van der Waals surface area contributed by atoms with E-state index in [0.717, 1.165) is 43.4 Å². The van der Waals surface area contributed by atoms with Crippen LogP contribution in [0.2, 0.25) is 0 Å². The molecule has 1 saturated carbocycles. The summed E-state index contributed by atoms with van der Waals surface area (Å²) in [6, 6.07) is 9.80. The molecule has 7 nitrogen and oxygen atoms in total. The molecule has 38 heavy (non-hydrogen) atoms. The Morgan fingerprint density at radius 2 is 1.76 bits per heavy atom. The second kappa shape index (κ2) is 11.9. The fourth-order valence-electron chi connectivity index (χ4n) is 5.52. The lowest BCUT2D eigenvalue weighted by Gasteiger charge is -2.43. The van der Waals surface area contributed by atoms with Gasteiger partial charge in [0.15, 0.2) is 0 Å². The average molecular weight is 530 g/mol. The first-order valence-corrected chi connectivity index (χ1v) is 12.7. The first kappa shape index (κ1) is 29.1. The number of halogens is 2. The molecule has 0 unspecified atom stereocenters. The molecule has 1 heterocycles. The standard InChI is InChI=1S/C28H33F2N3O4.CH4/c1-18(2)20-9-12-28(13-10-20)17-32(24-8-7-22(29)15-23(24)30)27(37)33(28)16-19-3-5-21(6-4-19)26(36)31-14-11-25(34)35;/h3-8,15,18,20H,9-14,16-17H2,1-2H3,(H,31,36)(H,34,35);1H4. The minimum atomic E-state index is -0.989. The molecule has 1 aliphatic heterocycles. The number of carboxylic acid groups (broad SMARTS) is 1. The van der Waals surface area contributed by atoms with Gasteiger partial charge in [-0.2, -0.15) is 0 Å². The topological polar surface area (TPSA) is 90.0 Å². The number of carbonyl (C=O) groups excluding carboxylic acids is 2. The average Bonchev–Trinajstić information content (AvgIpc) is 3.10. The van der Waals surface area contributed by atoms with Gasteiger partial charge in [-0.25, -0.2) is 13.6 Å². The molecule has 4 rings (SSSR count). The maximum atomic E-state index is 14.7. The Labute approximate surface area is 222 Å². The van der Waals surface area contributed by atoms with Crippen molar-refractivity contribution in [1.82, 2.24) is 10.2 Å². The molecule has 206 valence electrons. The van der Waals surface area contributed by atoms with Gasteiger partial charge < -0.3 is 15.3 Å². The van der Waals surface area contributed by atoms with Gasteiger partial charge in [-0.3, -0.25) is 14.5 Å². The molecule has 9 heteroatoms. The van der Waals surface area contributed by atoms with E-state index in [0.29, 0.717) is 30.5 Å². The molecule has 2 aliphatic rings. The zero-order chi connectivity index (χ0) is 26.7. The van der Waals surface area contributed by atoms with Crippen LogP contribution in [-0.4, -0.2) is 46.5 Å². The molecule has 0 radical (unpaired) electrons. The molecular weight excluding hydrogens is 492 g/mol. The van der Waals surface area contributed by atoms with Gasteiger partial charge in [0.25, 0.3) is 5.91 Å². The van der Waals surface area contributed by atoms with Gasteiger partial charge in [-0.15, -0.1) is 0 Å². The number of nitrogens with one attached hydrogen (secondary N) is 1. The number of aliphatic carboxylic acids is 1. The molecule has 0 bridgehead atoms. The SMILES string of the molecule is C.CC(C)C1CCC2(CC1)CN(c1ccc(F)cc1F)C(=O)N2Cc1ccc(C(=O)NCCC(=O)O)cc1. The Kier molecular flexibility index (Phi) is 9.12. The van der Waals surface area contributed by atoms with Crippen molar-refractivity contribution in [3.63, 3.8) is 0 Å². The molecule has 2 N–H and O–H groups in total. The van der Waals surface area contributed by atoms with Crippen molar-refractivity contribution in [2.75, 3.05) is 18.0 Å². The fraction of sp³-hybridized carbons (Fsp3) is 0.483. The van der Waals surface area contributed by atoms with Crippen LogP contribution in [0.4, 0.5) is 19.3 Å². The Morgan fingerprint density at radius 1 is 1.11 bits per heavy atom. The van der Waals surface area contributed by atoms with Crippen molar-refractivity contribution in [2.45, 2.75) is 65.5 Å². The molecular formula is C29H37F2N3O4. The summed E-state index contributed by atoms with van der Waals surface area (Å²) in [5.74, 6) is -1.70. The van der Waals surface area contributed by atoms with Gasteiger partial charge in [0.2, 0.25) is 0 Å². The van der Waals surface area contributed by atoms with Crippen molar-refractivity contribution in [2.24, 2.45) is 11.8 Å². The van der Waals surface area contributed by atoms with Crippen LogP contribution in [-0.2, 0) is 11.3 Å². The summed E-state index contributed by atoms with van der Waals surface area (Å²) in [5, 5.41) is 11.3. The normalized spacial score (nSPS) is 21.1. The van der Waals surface area contributed by atoms with Gasteiger partial charge in [-0.1, -0.05) is 33.4 Å². The smallest absolute Gasteiger partial charge is 0.325 e. The molecule has 2 aromatic carbocycles. The third-order valence-electron chi connectivity index (χ3n) is 7.77. The van der Waals surface area contributed by atoms with E-state index in [-0.39, 0.29) is 38.0 Å². The number of carboxylic acids is 1. The summed E-state index contributed by atoms with van der Waals surface area (Å²) in [5.41, 5.74) is 0.829. The lowest BCUT2D eigenvalue weighted by Crippen LogP contribution is -2.49. The van der Waals surface area contributed by atoms with Crippen LogP contribution in [0.5, 0.6) is 0 Å². The van der Waals surface area contributed by atoms with Crippen molar-refractivity contribution in [1.29, 1.82) is 0 Å². The van der Waals surface area contributed by atoms with E-state index in [1.165, 1.54) is 11.0 Å². The van der Waals surface area contributed by atoms with Crippen molar-refractivity contribution in [3.05, 3.63) is 65.2 Å². The van der Waals surface area contributed by atoms with Crippen LogP contribution in [0.15, 0.2) is 42.5 Å². The number of hydrogen-bond acceptors (Lipinski definition) is 3. The summed E-state index contributed by atoms with van der Waals surface area (Å²) in [4.78, 5) is 39.8. The van der Waals surface area contributed by atoms with E-state index < -0.39 is 23.1 Å². The van der Waals surface area contributed by atoms with Gasteiger partial charge in [0.1, 0.15) is 11.6 Å². The molecule has 1 spiro atoms. The van der Waals surface area contributed by atoms with Gasteiger partial charge in [0, 0.05) is 24.7 Å². The van der Waals surface area contributed by atoms with Gasteiger partial charge in [0.05, 0.1) is 24.2 Å². The molecule has 3 amide bonds. The van der Waals surface area contributed by atoms with Crippen LogP contribution < -0.4 is 10.2 Å². The minimum Gasteiger partial charge on any atom is -0.481 e. The van der Waals surface area contributed by atoms with Gasteiger partial charge in [-0.05, 0) is 67.3 Å². The van der Waals surface area contributed by atoms with E-state index in [1.807, 2.05) is 4.90 Å². The third-order valence-corrected chi connectivity index (χ3v) is 7.77. The number of urea groups is 1. The van der Waals surface area contributed by atoms with E-state index in [2.05, 4.69) is 19.2 Å². The molecule has 2 fully saturated rings. The summed E-state index contributed by atoms with van der Waals surface area (Å²) in [7, 11) is 0. The number of rotatable bonds is 8. The molecule has 1 aliphatic carbocycles. The van der Waals surface area contributed by atoms with E-state index in [4.69, 9.17) is 5.11 Å². The third kappa shape index (κ3) is 6.14. The van der Waals surface area contributed by atoms with Crippen LogP contribution in [0.25, 0.3) is 0 Å². The fourth-order valence-corrected chi connectivity index (χ4v) is 5.52. The predicted molar refractivity (Wildman–Crippen MR) is 142 cm³/mol. The summed E-state index contributed by atoms with van der Waals surface area (Å²) in [6.07, 6.45) is 3.37. The summed E-state index contributed by atoms with van der Waals surface area (Å²) in [6.45, 7) is 5.09. The Bertz CT molecular complexity index is 1160. The number of anilines is 1. The summed E-state index contributed by atoms with van der Waals surface area (Å²) < 4.78 is 28.2. The Morgan fingerprint density at radius 3 is 2.34 bits per heavy atom. The predicted octanol–water partition coefficient (Wildman–Crippen LogP) is 5.83. The number of hydrogen-bond donors (Lipinski definition) is 2. The van der Waals surface area contributed by atoms with Crippen LogP contribution in [0.1, 0.15) is 69.3 Å². The minimum absolute atomic E-state index is 0. The molecule has 0 atom stereocenters. The highest BCUT2D eigenvalue weighted by Gasteiger charge is 2.51. The van der Waals surface area contributed by atoms with Gasteiger partial charge >= 0.3 is 12.0 Å².